The number of allylic oxidation sites excluding steroid dienone is 3. The number of rotatable bonds is 1. The number of ether oxygens (including phenoxy) is 5. The van der Waals surface area contributed by atoms with Gasteiger partial charge in [0.25, 0.3) is 0 Å². The summed E-state index contributed by atoms with van der Waals surface area (Å²) in [6.07, 6.45) is 10.4. The number of carbonyl (C=O) groups excluding carboxylic acids is 1. The Hall–Kier alpha value is -1.55. The van der Waals surface area contributed by atoms with E-state index in [9.17, 15) is 15.0 Å². The molecule has 4 fully saturated rings. The van der Waals surface area contributed by atoms with Gasteiger partial charge in [0.15, 0.2) is 5.79 Å². The lowest BCUT2D eigenvalue weighted by Crippen LogP contribution is -2.58. The van der Waals surface area contributed by atoms with E-state index >= 15 is 0 Å². The molecule has 1 spiro atoms. The SMILES string of the molecule is CC[C@H]1O[C@]2(CC[C@@H]1C)C[C@@H]1C[C@@H](C[C@@H]3O[C@@]3(C)C[C@@H](C)/C=C/C=C3\CO[C@@H]4[C@H](O)C(C)=C[C@@H](C(=O)O1)[C@]34O)O2. The average molecular weight is 559 g/mol. The number of aliphatic hydroxyl groups is 2. The van der Waals surface area contributed by atoms with E-state index in [0.717, 1.165) is 32.1 Å². The van der Waals surface area contributed by atoms with Gasteiger partial charge in [-0.1, -0.05) is 45.1 Å². The van der Waals surface area contributed by atoms with E-state index in [4.69, 9.17) is 23.7 Å². The predicted octanol–water partition coefficient (Wildman–Crippen LogP) is 4.14. The molecule has 0 aromatic heterocycles. The fourth-order valence-electron chi connectivity index (χ4n) is 7.95. The molecule has 0 radical (unpaired) electrons. The van der Waals surface area contributed by atoms with Crippen molar-refractivity contribution in [1.29, 1.82) is 0 Å². The standard InChI is InChI=1S/C32H46O8/c1-6-25-19(3)10-11-31(39-25)16-23-13-22(38-31)14-26-30(5,40-26)15-18(2)8-7-9-21-17-36-28-27(33)20(4)12-24(29(34)37-23)32(21,28)35/h7-9,12,18-19,22-28,33,35H,6,10-11,13-17H2,1-5H3/b8-7+,21-9+/t18-,19-,22-,23-,24-,25+,26-,27+,28+,30-,31+,32+/m0/s1. The Morgan fingerprint density at radius 1 is 1.10 bits per heavy atom. The van der Waals surface area contributed by atoms with Crippen LogP contribution >= 0.6 is 0 Å². The van der Waals surface area contributed by atoms with Gasteiger partial charge in [-0.25, -0.2) is 0 Å². The van der Waals surface area contributed by atoms with Gasteiger partial charge in [0.2, 0.25) is 0 Å². The topological polar surface area (TPSA) is 107 Å². The molecule has 40 heavy (non-hydrogen) atoms. The van der Waals surface area contributed by atoms with Crippen molar-refractivity contribution in [2.24, 2.45) is 17.8 Å². The van der Waals surface area contributed by atoms with Gasteiger partial charge in [0.05, 0.1) is 30.5 Å². The second-order valence-electron chi connectivity index (χ2n) is 13.5. The van der Waals surface area contributed by atoms with E-state index in [1.807, 2.05) is 12.2 Å². The highest BCUT2D eigenvalue weighted by Crippen LogP contribution is 2.50. The summed E-state index contributed by atoms with van der Waals surface area (Å²) in [7, 11) is 0. The van der Waals surface area contributed by atoms with Gasteiger partial charge in [-0.2, -0.15) is 0 Å². The van der Waals surface area contributed by atoms with Crippen LogP contribution in [0.2, 0.25) is 0 Å². The van der Waals surface area contributed by atoms with Gasteiger partial charge in [0, 0.05) is 25.7 Å². The van der Waals surface area contributed by atoms with Crippen molar-refractivity contribution in [3.05, 3.63) is 35.5 Å². The zero-order valence-electron chi connectivity index (χ0n) is 24.5. The monoisotopic (exact) mass is 558 g/mol. The molecule has 6 aliphatic rings. The van der Waals surface area contributed by atoms with E-state index in [1.165, 1.54) is 0 Å². The number of esters is 1. The maximum Gasteiger partial charge on any atom is 0.316 e. The lowest BCUT2D eigenvalue weighted by atomic mass is 9.71. The van der Waals surface area contributed by atoms with Crippen LogP contribution in [0.4, 0.5) is 0 Å². The lowest BCUT2D eigenvalue weighted by Gasteiger charge is -2.50. The highest BCUT2D eigenvalue weighted by atomic mass is 16.7. The summed E-state index contributed by atoms with van der Waals surface area (Å²) < 4.78 is 31.8. The first-order valence-corrected chi connectivity index (χ1v) is 15.3. The average Bonchev–Trinajstić information content (AvgIpc) is 3.38. The number of hydrogen-bond acceptors (Lipinski definition) is 8. The molecule has 12 atom stereocenters. The van der Waals surface area contributed by atoms with Gasteiger partial charge in [-0.15, -0.1) is 0 Å². The maximum atomic E-state index is 13.9. The van der Waals surface area contributed by atoms with Crippen molar-refractivity contribution >= 4 is 5.97 Å². The third kappa shape index (κ3) is 4.92. The van der Waals surface area contributed by atoms with Gasteiger partial charge in [-0.05, 0) is 56.1 Å². The minimum atomic E-state index is -1.69. The van der Waals surface area contributed by atoms with Crippen LogP contribution in [0.1, 0.15) is 79.6 Å². The molecule has 2 bridgehead atoms. The van der Waals surface area contributed by atoms with Crippen molar-refractivity contribution in [3.63, 3.8) is 0 Å². The summed E-state index contributed by atoms with van der Waals surface area (Å²) in [5, 5.41) is 23.0. The Bertz CT molecular complexity index is 1100. The number of epoxide rings is 1. The summed E-state index contributed by atoms with van der Waals surface area (Å²) in [4.78, 5) is 13.9. The molecule has 4 saturated heterocycles. The molecular weight excluding hydrogens is 512 g/mol. The van der Waals surface area contributed by atoms with Gasteiger partial charge in [-0.3, -0.25) is 4.79 Å². The maximum absolute atomic E-state index is 13.9. The molecule has 2 N–H and O–H groups in total. The van der Waals surface area contributed by atoms with E-state index in [-0.39, 0.29) is 36.4 Å². The van der Waals surface area contributed by atoms with Crippen LogP contribution in [0, 0.1) is 17.8 Å². The van der Waals surface area contributed by atoms with E-state index in [0.29, 0.717) is 29.9 Å². The third-order valence-corrected chi connectivity index (χ3v) is 10.4. The zero-order valence-corrected chi connectivity index (χ0v) is 24.5. The first kappa shape index (κ1) is 28.6. The smallest absolute Gasteiger partial charge is 0.316 e. The first-order chi connectivity index (χ1) is 19.0. The second-order valence-corrected chi connectivity index (χ2v) is 13.5. The lowest BCUT2D eigenvalue weighted by molar-refractivity contribution is -0.336. The van der Waals surface area contributed by atoms with Crippen molar-refractivity contribution in [3.8, 4) is 0 Å². The first-order valence-electron chi connectivity index (χ1n) is 15.3. The zero-order chi connectivity index (χ0) is 28.4. The van der Waals surface area contributed by atoms with Crippen molar-refractivity contribution in [2.75, 3.05) is 6.61 Å². The van der Waals surface area contributed by atoms with Crippen LogP contribution in [0.25, 0.3) is 0 Å². The third-order valence-electron chi connectivity index (χ3n) is 10.4. The van der Waals surface area contributed by atoms with Gasteiger partial charge in [0.1, 0.15) is 29.8 Å². The van der Waals surface area contributed by atoms with Crippen LogP contribution in [0.5, 0.6) is 0 Å². The molecule has 0 aromatic carbocycles. The van der Waals surface area contributed by atoms with Crippen LogP contribution in [-0.2, 0) is 28.5 Å². The molecule has 222 valence electrons. The number of hydrogen-bond donors (Lipinski definition) is 2. The fraction of sp³-hybridized carbons (Fsp3) is 0.781. The molecule has 0 aromatic rings. The molecule has 8 nitrogen and oxygen atoms in total. The summed E-state index contributed by atoms with van der Waals surface area (Å²) >= 11 is 0. The molecule has 6 rings (SSSR count). The van der Waals surface area contributed by atoms with Crippen LogP contribution in [0.15, 0.2) is 35.5 Å². The van der Waals surface area contributed by atoms with Gasteiger partial charge >= 0.3 is 5.97 Å². The predicted molar refractivity (Wildman–Crippen MR) is 147 cm³/mol. The van der Waals surface area contributed by atoms with Crippen molar-refractivity contribution in [2.45, 2.75) is 133 Å². The molecular formula is C32H46O8. The van der Waals surface area contributed by atoms with Crippen molar-refractivity contribution in [1.82, 2.24) is 0 Å². The Labute approximate surface area is 237 Å². The number of fused-ring (bicyclic) bond motifs is 3. The van der Waals surface area contributed by atoms with E-state index in [1.54, 1.807) is 13.0 Å². The Kier molecular flexibility index (Phi) is 7.37. The number of aliphatic hydroxyl groups excluding tert-OH is 1. The number of carbonyl (C=O) groups is 1. The summed E-state index contributed by atoms with van der Waals surface area (Å²) in [5.74, 6) is -1.62. The normalized spacial score (nSPS) is 53.0. The highest BCUT2D eigenvalue weighted by Gasteiger charge is 2.60. The Morgan fingerprint density at radius 2 is 1.90 bits per heavy atom. The summed E-state index contributed by atoms with van der Waals surface area (Å²) in [5.41, 5.74) is -0.758. The Balaban J connectivity index is 1.35. The van der Waals surface area contributed by atoms with E-state index < -0.39 is 41.6 Å². The molecule has 0 amide bonds. The minimum absolute atomic E-state index is 0.0788. The van der Waals surface area contributed by atoms with Crippen LogP contribution in [-0.4, -0.2) is 76.4 Å². The summed E-state index contributed by atoms with van der Waals surface area (Å²) in [6.45, 7) is 10.6. The quantitative estimate of drug-likeness (QED) is 0.281. The van der Waals surface area contributed by atoms with E-state index in [2.05, 4.69) is 33.8 Å². The largest absolute Gasteiger partial charge is 0.462 e. The minimum Gasteiger partial charge on any atom is -0.462 e. The van der Waals surface area contributed by atoms with Crippen molar-refractivity contribution < 1.29 is 38.7 Å². The second kappa shape index (κ2) is 10.3. The summed E-state index contributed by atoms with van der Waals surface area (Å²) in [6, 6.07) is 0. The molecule has 0 unspecified atom stereocenters. The molecule has 1 aliphatic carbocycles. The highest BCUT2D eigenvalue weighted by molar-refractivity contribution is 5.78. The molecule has 8 heteroatoms. The van der Waals surface area contributed by atoms with Crippen LogP contribution in [0.3, 0.4) is 0 Å². The molecule has 0 saturated carbocycles. The fourth-order valence-corrected chi connectivity index (χ4v) is 7.95. The van der Waals surface area contributed by atoms with Gasteiger partial charge < -0.3 is 33.9 Å². The Morgan fingerprint density at radius 3 is 2.67 bits per heavy atom. The van der Waals surface area contributed by atoms with Crippen LogP contribution < -0.4 is 0 Å². The molecule has 5 aliphatic heterocycles. The molecule has 5 heterocycles.